The van der Waals surface area contributed by atoms with E-state index in [-0.39, 0.29) is 44.9 Å². The van der Waals surface area contributed by atoms with Crippen molar-refractivity contribution in [3.8, 4) is 0 Å². The van der Waals surface area contributed by atoms with Gasteiger partial charge in [0.2, 0.25) is 0 Å². The van der Waals surface area contributed by atoms with Crippen LogP contribution in [-0.2, 0) is 18.9 Å². The standard InChI is InChI=1S/C28H19ClF6N4O/c29-22-6-2-1-4-20(22)26(40)21-5-3-9-38-25(21)23(36)24(17-7-10-37-11-8-17)39-15-16-12-18(27(30,31)32)14-19(13-16)28(33,34)35/h1-14,39H,15,36H2/b24-23-. The van der Waals surface area contributed by atoms with Crippen molar-refractivity contribution in [1.82, 2.24) is 15.3 Å². The fraction of sp³-hybridized carbons (Fsp3) is 0.107. The van der Waals surface area contributed by atoms with Crippen LogP contribution in [0.25, 0.3) is 11.4 Å². The smallest absolute Gasteiger partial charge is 0.395 e. The van der Waals surface area contributed by atoms with E-state index in [0.29, 0.717) is 17.7 Å². The number of pyridine rings is 2. The molecule has 206 valence electrons. The van der Waals surface area contributed by atoms with Crippen LogP contribution in [0.1, 0.15) is 43.9 Å². The summed E-state index contributed by atoms with van der Waals surface area (Å²) in [6.45, 7) is -0.466. The van der Waals surface area contributed by atoms with E-state index in [0.717, 1.165) is 0 Å². The monoisotopic (exact) mass is 576 g/mol. The molecular weight excluding hydrogens is 558 g/mol. The molecule has 0 amide bonds. The first kappa shape index (κ1) is 28.6. The number of nitrogens with two attached hydrogens (primary N) is 1. The molecule has 2 heterocycles. The predicted molar refractivity (Wildman–Crippen MR) is 138 cm³/mol. The lowest BCUT2D eigenvalue weighted by Gasteiger charge is -2.18. The minimum Gasteiger partial charge on any atom is -0.395 e. The summed E-state index contributed by atoms with van der Waals surface area (Å²) in [5.74, 6) is -0.488. The zero-order valence-corrected chi connectivity index (χ0v) is 21.1. The summed E-state index contributed by atoms with van der Waals surface area (Å²) < 4.78 is 80.2. The number of benzene rings is 2. The summed E-state index contributed by atoms with van der Waals surface area (Å²) >= 11 is 6.20. The van der Waals surface area contributed by atoms with Crippen molar-refractivity contribution >= 4 is 28.8 Å². The number of hydrogen-bond donors (Lipinski definition) is 2. The summed E-state index contributed by atoms with van der Waals surface area (Å²) in [7, 11) is 0. The SMILES string of the molecule is N/C(=C(\NCc1cc(C(F)(F)F)cc(C(F)(F)F)c1)c1ccncc1)c1ncccc1C(=O)c1ccccc1Cl. The number of ketones is 1. The highest BCUT2D eigenvalue weighted by atomic mass is 35.5. The summed E-state index contributed by atoms with van der Waals surface area (Å²) in [6.07, 6.45) is -5.77. The first-order valence-corrected chi connectivity index (χ1v) is 11.9. The topological polar surface area (TPSA) is 80.9 Å². The summed E-state index contributed by atoms with van der Waals surface area (Å²) in [4.78, 5) is 21.5. The van der Waals surface area contributed by atoms with Crippen LogP contribution < -0.4 is 11.1 Å². The lowest BCUT2D eigenvalue weighted by Crippen LogP contribution is -2.20. The highest BCUT2D eigenvalue weighted by Crippen LogP contribution is 2.36. The second-order valence-corrected chi connectivity index (χ2v) is 8.91. The van der Waals surface area contributed by atoms with Crippen molar-refractivity contribution in [2.24, 2.45) is 5.73 Å². The molecular formula is C28H19ClF6N4O. The fourth-order valence-corrected chi connectivity index (χ4v) is 4.12. The molecule has 0 saturated carbocycles. The Morgan fingerprint density at radius 1 is 0.825 bits per heavy atom. The Kier molecular flexibility index (Phi) is 8.15. The Bertz CT molecular complexity index is 1540. The van der Waals surface area contributed by atoms with Gasteiger partial charge in [0.05, 0.1) is 38.8 Å². The maximum atomic E-state index is 13.4. The molecule has 12 heteroatoms. The van der Waals surface area contributed by atoms with Crippen LogP contribution in [0.5, 0.6) is 0 Å². The van der Waals surface area contributed by atoms with Gasteiger partial charge in [-0.25, -0.2) is 0 Å². The van der Waals surface area contributed by atoms with Crippen LogP contribution in [0.2, 0.25) is 5.02 Å². The lowest BCUT2D eigenvalue weighted by atomic mass is 9.98. The van der Waals surface area contributed by atoms with Gasteiger partial charge in [0, 0.05) is 36.3 Å². The Balaban J connectivity index is 1.80. The van der Waals surface area contributed by atoms with Gasteiger partial charge in [-0.05, 0) is 60.2 Å². The van der Waals surface area contributed by atoms with E-state index in [2.05, 4.69) is 15.3 Å². The highest BCUT2D eigenvalue weighted by molar-refractivity contribution is 6.35. The van der Waals surface area contributed by atoms with E-state index < -0.39 is 35.8 Å². The maximum Gasteiger partial charge on any atom is 0.416 e. The van der Waals surface area contributed by atoms with E-state index >= 15 is 0 Å². The summed E-state index contributed by atoms with van der Waals surface area (Å²) in [6, 6.07) is 13.7. The highest BCUT2D eigenvalue weighted by Gasteiger charge is 2.37. The maximum absolute atomic E-state index is 13.4. The number of nitrogens with one attached hydrogen (secondary N) is 1. The molecule has 4 aromatic rings. The van der Waals surface area contributed by atoms with Gasteiger partial charge in [-0.15, -0.1) is 0 Å². The Labute approximate surface area is 229 Å². The van der Waals surface area contributed by atoms with Gasteiger partial charge in [-0.2, -0.15) is 26.3 Å². The minimum atomic E-state index is -5.00. The van der Waals surface area contributed by atoms with Crippen molar-refractivity contribution in [3.05, 3.63) is 129 Å². The van der Waals surface area contributed by atoms with Crippen molar-refractivity contribution in [2.75, 3.05) is 0 Å². The first-order chi connectivity index (χ1) is 18.9. The van der Waals surface area contributed by atoms with Gasteiger partial charge >= 0.3 is 12.4 Å². The molecule has 0 aliphatic rings. The lowest BCUT2D eigenvalue weighted by molar-refractivity contribution is -0.143. The van der Waals surface area contributed by atoms with Crippen LogP contribution >= 0.6 is 11.6 Å². The third-order valence-corrected chi connectivity index (χ3v) is 6.11. The average molecular weight is 577 g/mol. The third-order valence-electron chi connectivity index (χ3n) is 5.78. The normalized spacial score (nSPS) is 12.6. The van der Waals surface area contributed by atoms with Crippen LogP contribution in [0, 0.1) is 0 Å². The largest absolute Gasteiger partial charge is 0.416 e. The predicted octanol–water partition coefficient (Wildman–Crippen LogP) is 6.97. The molecule has 0 bridgehead atoms. The number of rotatable bonds is 7. The van der Waals surface area contributed by atoms with E-state index in [1.807, 2.05) is 0 Å². The molecule has 2 aromatic heterocycles. The number of hydrogen-bond acceptors (Lipinski definition) is 5. The molecule has 0 unspecified atom stereocenters. The van der Waals surface area contributed by atoms with E-state index in [1.54, 1.807) is 12.1 Å². The molecule has 4 rings (SSSR count). The molecule has 0 atom stereocenters. The molecule has 40 heavy (non-hydrogen) atoms. The van der Waals surface area contributed by atoms with Gasteiger partial charge in [-0.1, -0.05) is 23.7 Å². The van der Waals surface area contributed by atoms with Gasteiger partial charge in [0.15, 0.2) is 5.78 Å². The number of alkyl halides is 6. The Morgan fingerprint density at radius 2 is 1.43 bits per heavy atom. The number of carbonyl (C=O) groups is 1. The van der Waals surface area contributed by atoms with Crippen LogP contribution in [0.3, 0.4) is 0 Å². The van der Waals surface area contributed by atoms with E-state index in [4.69, 9.17) is 17.3 Å². The van der Waals surface area contributed by atoms with Crippen LogP contribution in [-0.4, -0.2) is 15.8 Å². The van der Waals surface area contributed by atoms with Gasteiger partial charge in [0.25, 0.3) is 0 Å². The molecule has 0 saturated heterocycles. The number of halogens is 7. The summed E-state index contributed by atoms with van der Waals surface area (Å²) in [5.41, 5.74) is 4.03. The molecule has 3 N–H and O–H groups in total. The second kappa shape index (κ2) is 11.4. The van der Waals surface area contributed by atoms with Crippen LogP contribution in [0.4, 0.5) is 26.3 Å². The zero-order chi connectivity index (χ0) is 29.1. The van der Waals surface area contributed by atoms with Crippen molar-refractivity contribution in [3.63, 3.8) is 0 Å². The molecule has 0 aliphatic heterocycles. The molecule has 0 fully saturated rings. The molecule has 5 nitrogen and oxygen atoms in total. The molecule has 0 aliphatic carbocycles. The zero-order valence-electron chi connectivity index (χ0n) is 20.3. The minimum absolute atomic E-state index is 0.0340. The second-order valence-electron chi connectivity index (χ2n) is 8.50. The quantitative estimate of drug-likeness (QED) is 0.183. The van der Waals surface area contributed by atoms with E-state index in [1.165, 1.54) is 55.0 Å². The Hall–Kier alpha value is -4.38. The first-order valence-electron chi connectivity index (χ1n) is 11.5. The summed E-state index contributed by atoms with van der Waals surface area (Å²) in [5, 5.41) is 3.04. The molecule has 2 aromatic carbocycles. The average Bonchev–Trinajstić information content (AvgIpc) is 2.92. The van der Waals surface area contributed by atoms with Gasteiger partial charge in [0.1, 0.15) is 0 Å². The van der Waals surface area contributed by atoms with Gasteiger partial charge < -0.3 is 11.1 Å². The van der Waals surface area contributed by atoms with Crippen molar-refractivity contribution in [2.45, 2.75) is 18.9 Å². The number of nitrogens with zero attached hydrogens (tertiary/aromatic N) is 2. The fourth-order valence-electron chi connectivity index (χ4n) is 3.90. The number of carbonyl (C=O) groups excluding carboxylic acids is 1. The molecule has 0 radical (unpaired) electrons. The van der Waals surface area contributed by atoms with Crippen molar-refractivity contribution in [1.29, 1.82) is 0 Å². The van der Waals surface area contributed by atoms with Gasteiger partial charge in [-0.3, -0.25) is 14.8 Å². The molecule has 0 spiro atoms. The van der Waals surface area contributed by atoms with E-state index in [9.17, 15) is 31.1 Å². The third kappa shape index (κ3) is 6.42. The number of aromatic nitrogens is 2. The Morgan fingerprint density at radius 3 is 2.02 bits per heavy atom. The van der Waals surface area contributed by atoms with Crippen LogP contribution in [0.15, 0.2) is 85.3 Å². The van der Waals surface area contributed by atoms with Crippen molar-refractivity contribution < 1.29 is 31.1 Å².